The van der Waals surface area contributed by atoms with Crippen LogP contribution in [-0.2, 0) is 4.79 Å². The monoisotopic (exact) mass is 200 g/mol. The summed E-state index contributed by atoms with van der Waals surface area (Å²) >= 11 is 0. The van der Waals surface area contributed by atoms with Crippen molar-refractivity contribution in [1.29, 1.82) is 0 Å². The van der Waals surface area contributed by atoms with Gasteiger partial charge in [0.15, 0.2) is 0 Å². The Kier molecular flexibility index (Phi) is 6.54. The van der Waals surface area contributed by atoms with Crippen LogP contribution in [0.5, 0.6) is 0 Å². The highest BCUT2D eigenvalue weighted by Gasteiger charge is 2.23. The second kappa shape index (κ2) is 6.82. The number of carbonyl (C=O) groups excluding carboxylic acids is 1. The molecular weight excluding hydrogens is 176 g/mol. The molecule has 14 heavy (non-hydrogen) atoms. The van der Waals surface area contributed by atoms with Crippen molar-refractivity contribution in [2.45, 2.75) is 46.6 Å². The van der Waals surface area contributed by atoms with E-state index >= 15 is 0 Å². The van der Waals surface area contributed by atoms with Gasteiger partial charge in [-0.1, -0.05) is 27.2 Å². The van der Waals surface area contributed by atoms with Gasteiger partial charge in [-0.25, -0.2) is 0 Å². The fraction of sp³-hybridized carbons (Fsp3) is 0.909. The Hall–Kier alpha value is -0.570. The molecule has 0 aliphatic rings. The maximum absolute atomic E-state index is 11.9. The summed E-state index contributed by atoms with van der Waals surface area (Å²) in [6.07, 6.45) is 1.95. The van der Waals surface area contributed by atoms with Crippen molar-refractivity contribution in [3.8, 4) is 0 Å². The molecule has 2 atom stereocenters. The molecule has 0 fully saturated rings. The molecule has 0 heterocycles. The zero-order valence-corrected chi connectivity index (χ0v) is 9.92. The molecule has 0 radical (unpaired) electrons. The van der Waals surface area contributed by atoms with Gasteiger partial charge in [-0.05, 0) is 19.3 Å². The van der Waals surface area contributed by atoms with E-state index < -0.39 is 0 Å². The molecule has 84 valence electrons. The van der Waals surface area contributed by atoms with Crippen molar-refractivity contribution in [1.82, 2.24) is 4.90 Å². The van der Waals surface area contributed by atoms with E-state index in [0.29, 0.717) is 0 Å². The van der Waals surface area contributed by atoms with Crippen LogP contribution in [0.4, 0.5) is 0 Å². The van der Waals surface area contributed by atoms with E-state index in [1.54, 1.807) is 0 Å². The van der Waals surface area contributed by atoms with Gasteiger partial charge < -0.3 is 10.6 Å². The molecule has 1 amide bonds. The van der Waals surface area contributed by atoms with Crippen molar-refractivity contribution < 1.29 is 4.79 Å². The maximum atomic E-state index is 11.9. The lowest BCUT2D eigenvalue weighted by molar-refractivity contribution is -0.133. The second-order valence-electron chi connectivity index (χ2n) is 3.83. The third-order valence-electron chi connectivity index (χ3n) is 2.73. The number of hydrogen-bond donors (Lipinski definition) is 1. The van der Waals surface area contributed by atoms with Gasteiger partial charge in [0.25, 0.3) is 0 Å². The van der Waals surface area contributed by atoms with Gasteiger partial charge in [-0.2, -0.15) is 0 Å². The van der Waals surface area contributed by atoms with Crippen molar-refractivity contribution in [2.75, 3.05) is 13.1 Å². The van der Waals surface area contributed by atoms with E-state index in [1.807, 2.05) is 18.7 Å². The predicted octanol–water partition coefficient (Wildman–Crippen LogP) is 1.62. The van der Waals surface area contributed by atoms with Crippen LogP contribution in [0.2, 0.25) is 0 Å². The minimum Gasteiger partial charge on any atom is -0.342 e. The number of carbonyl (C=O) groups is 1. The van der Waals surface area contributed by atoms with Crippen LogP contribution in [-0.4, -0.2) is 29.9 Å². The highest BCUT2D eigenvalue weighted by atomic mass is 16.2. The van der Waals surface area contributed by atoms with E-state index in [0.717, 1.165) is 25.9 Å². The van der Waals surface area contributed by atoms with Crippen LogP contribution in [0.15, 0.2) is 0 Å². The van der Waals surface area contributed by atoms with E-state index in [4.69, 9.17) is 5.73 Å². The number of nitrogens with two attached hydrogens (primary N) is 1. The van der Waals surface area contributed by atoms with E-state index in [2.05, 4.69) is 13.8 Å². The molecule has 3 nitrogen and oxygen atoms in total. The molecule has 3 heteroatoms. The number of hydrogen-bond acceptors (Lipinski definition) is 2. The molecule has 0 spiro atoms. The standard InChI is InChI=1S/C11H24N2O/c1-5-8-13(7-3)11(14)10(12)9(4)6-2/h9-10H,5-8,12H2,1-4H3/t9?,10-/m0/s1. The van der Waals surface area contributed by atoms with E-state index in [9.17, 15) is 4.79 Å². The summed E-state index contributed by atoms with van der Waals surface area (Å²) in [4.78, 5) is 13.7. The molecule has 0 saturated heterocycles. The summed E-state index contributed by atoms with van der Waals surface area (Å²) in [5.74, 6) is 0.372. The lowest BCUT2D eigenvalue weighted by Gasteiger charge is -2.26. The summed E-state index contributed by atoms with van der Waals surface area (Å²) in [5, 5.41) is 0. The third-order valence-corrected chi connectivity index (χ3v) is 2.73. The Bertz CT molecular complexity index is 167. The minimum absolute atomic E-state index is 0.101. The first-order valence-electron chi connectivity index (χ1n) is 5.62. The van der Waals surface area contributed by atoms with Crippen molar-refractivity contribution in [2.24, 2.45) is 11.7 Å². The van der Waals surface area contributed by atoms with Crippen molar-refractivity contribution in [3.05, 3.63) is 0 Å². The third kappa shape index (κ3) is 3.66. The second-order valence-corrected chi connectivity index (χ2v) is 3.83. The molecule has 0 aromatic carbocycles. The molecule has 0 bridgehead atoms. The topological polar surface area (TPSA) is 46.3 Å². The zero-order valence-electron chi connectivity index (χ0n) is 9.92. The lowest BCUT2D eigenvalue weighted by atomic mass is 9.99. The average Bonchev–Trinajstić information content (AvgIpc) is 2.22. The van der Waals surface area contributed by atoms with E-state index in [1.165, 1.54) is 0 Å². The zero-order chi connectivity index (χ0) is 11.1. The minimum atomic E-state index is -0.327. The quantitative estimate of drug-likeness (QED) is 0.708. The first kappa shape index (κ1) is 13.4. The van der Waals surface area contributed by atoms with Gasteiger partial charge in [0, 0.05) is 13.1 Å². The van der Waals surface area contributed by atoms with Gasteiger partial charge in [-0.3, -0.25) is 4.79 Å². The van der Waals surface area contributed by atoms with Gasteiger partial charge in [0.1, 0.15) is 0 Å². The van der Waals surface area contributed by atoms with Crippen LogP contribution < -0.4 is 5.73 Å². The summed E-state index contributed by atoms with van der Waals surface area (Å²) < 4.78 is 0. The molecule has 0 saturated carbocycles. The highest BCUT2D eigenvalue weighted by Crippen LogP contribution is 2.08. The van der Waals surface area contributed by atoms with Crippen molar-refractivity contribution in [3.63, 3.8) is 0 Å². The van der Waals surface area contributed by atoms with Crippen LogP contribution in [0.3, 0.4) is 0 Å². The van der Waals surface area contributed by atoms with Gasteiger partial charge in [-0.15, -0.1) is 0 Å². The Morgan fingerprint density at radius 2 is 1.93 bits per heavy atom. The lowest BCUT2D eigenvalue weighted by Crippen LogP contribution is -2.47. The molecule has 2 N–H and O–H groups in total. The molecule has 0 aliphatic heterocycles. The fourth-order valence-electron chi connectivity index (χ4n) is 1.40. The summed E-state index contributed by atoms with van der Waals surface area (Å²) in [6.45, 7) is 9.74. The summed E-state index contributed by atoms with van der Waals surface area (Å²) in [5.41, 5.74) is 5.89. The summed E-state index contributed by atoms with van der Waals surface area (Å²) in [6, 6.07) is -0.327. The molecule has 0 aromatic heterocycles. The number of amides is 1. The number of likely N-dealkylation sites (N-methyl/N-ethyl adjacent to an activating group) is 1. The predicted molar refractivity (Wildman–Crippen MR) is 60.0 cm³/mol. The Morgan fingerprint density at radius 3 is 2.29 bits per heavy atom. The molecule has 0 rings (SSSR count). The Labute approximate surface area is 87.6 Å². The van der Waals surface area contributed by atoms with Gasteiger partial charge >= 0.3 is 0 Å². The van der Waals surface area contributed by atoms with Crippen LogP contribution in [0, 0.1) is 5.92 Å². The maximum Gasteiger partial charge on any atom is 0.239 e. The molecule has 1 unspecified atom stereocenters. The normalized spacial score (nSPS) is 14.9. The SMILES string of the molecule is CCCN(CC)C(=O)[C@@H](N)C(C)CC. The highest BCUT2D eigenvalue weighted by molar-refractivity contribution is 5.81. The van der Waals surface area contributed by atoms with Gasteiger partial charge in [0.05, 0.1) is 6.04 Å². The number of rotatable bonds is 6. The molecular formula is C11H24N2O. The van der Waals surface area contributed by atoms with E-state index in [-0.39, 0.29) is 17.9 Å². The first-order valence-corrected chi connectivity index (χ1v) is 5.62. The van der Waals surface area contributed by atoms with Crippen molar-refractivity contribution >= 4 is 5.91 Å². The largest absolute Gasteiger partial charge is 0.342 e. The summed E-state index contributed by atoms with van der Waals surface area (Å²) in [7, 11) is 0. The first-order chi connectivity index (χ1) is 6.58. The van der Waals surface area contributed by atoms with Crippen LogP contribution in [0.1, 0.15) is 40.5 Å². The fourth-order valence-corrected chi connectivity index (χ4v) is 1.40. The van der Waals surface area contributed by atoms with Crippen LogP contribution >= 0.6 is 0 Å². The molecule has 0 aliphatic carbocycles. The molecule has 0 aromatic rings. The smallest absolute Gasteiger partial charge is 0.239 e. The Morgan fingerprint density at radius 1 is 1.36 bits per heavy atom. The number of nitrogens with zero attached hydrogens (tertiary/aromatic N) is 1. The Balaban J connectivity index is 4.26. The van der Waals surface area contributed by atoms with Crippen LogP contribution in [0.25, 0.3) is 0 Å². The average molecular weight is 200 g/mol. The van der Waals surface area contributed by atoms with Gasteiger partial charge in [0.2, 0.25) is 5.91 Å².